The summed E-state index contributed by atoms with van der Waals surface area (Å²) >= 11 is 0. The fourth-order valence-electron chi connectivity index (χ4n) is 4.49. The monoisotopic (exact) mass is 573 g/mol. The molecule has 11 heteroatoms. The van der Waals surface area contributed by atoms with E-state index in [0.29, 0.717) is 29.3 Å². The zero-order valence-electron chi connectivity index (χ0n) is 24.9. The molecule has 1 fully saturated rings. The predicted molar refractivity (Wildman–Crippen MR) is 161 cm³/mol. The molecule has 0 aromatic carbocycles. The van der Waals surface area contributed by atoms with Gasteiger partial charge in [0.2, 0.25) is 5.91 Å². The number of hydrogen-bond donors (Lipinski definition) is 1. The van der Waals surface area contributed by atoms with Crippen LogP contribution in [0.25, 0.3) is 10.9 Å². The molecule has 5 rings (SSSR count). The van der Waals surface area contributed by atoms with Crippen molar-refractivity contribution in [2.75, 3.05) is 11.9 Å². The summed E-state index contributed by atoms with van der Waals surface area (Å²) in [6.45, 7) is 15.9. The molecular formula is C30H39N7O3Si. The summed E-state index contributed by atoms with van der Waals surface area (Å²) in [6.07, 6.45) is 12.4. The van der Waals surface area contributed by atoms with E-state index in [1.54, 1.807) is 18.5 Å². The van der Waals surface area contributed by atoms with Crippen LogP contribution in [0.2, 0.25) is 18.1 Å². The zero-order valence-corrected chi connectivity index (χ0v) is 25.9. The van der Waals surface area contributed by atoms with Gasteiger partial charge >= 0.3 is 0 Å². The van der Waals surface area contributed by atoms with Crippen LogP contribution in [0.15, 0.2) is 49.3 Å². The molecule has 1 amide bonds. The second kappa shape index (κ2) is 10.6. The summed E-state index contributed by atoms with van der Waals surface area (Å²) < 4.78 is 10.2. The third-order valence-electron chi connectivity index (χ3n) is 8.24. The van der Waals surface area contributed by atoms with E-state index in [1.807, 2.05) is 18.5 Å². The highest BCUT2D eigenvalue weighted by Gasteiger charge is 2.39. The van der Waals surface area contributed by atoms with E-state index >= 15 is 0 Å². The van der Waals surface area contributed by atoms with Crippen LogP contribution in [0.3, 0.4) is 0 Å². The summed E-state index contributed by atoms with van der Waals surface area (Å²) in [5, 5.41) is 11.9. The lowest BCUT2D eigenvalue weighted by Gasteiger charge is -2.39. The van der Waals surface area contributed by atoms with Crippen LogP contribution in [0.5, 0.6) is 0 Å². The Kier molecular flexibility index (Phi) is 7.45. The first-order valence-electron chi connectivity index (χ1n) is 14.0. The average molecular weight is 574 g/mol. The van der Waals surface area contributed by atoms with Gasteiger partial charge in [-0.3, -0.25) is 19.6 Å². The highest BCUT2D eigenvalue weighted by atomic mass is 28.4. The Bertz CT molecular complexity index is 1590. The van der Waals surface area contributed by atoms with Crippen LogP contribution in [0, 0.1) is 0 Å². The molecule has 0 atom stereocenters. The lowest BCUT2D eigenvalue weighted by molar-refractivity contribution is -0.116. The molecule has 216 valence electrons. The number of pyridine rings is 2. The summed E-state index contributed by atoms with van der Waals surface area (Å²) in [6, 6.07) is 3.57. The molecule has 41 heavy (non-hydrogen) atoms. The molecule has 0 unspecified atom stereocenters. The van der Waals surface area contributed by atoms with Gasteiger partial charge in [-0.15, -0.1) is 5.10 Å². The molecule has 0 saturated heterocycles. The Hall–Kier alpha value is -3.70. The van der Waals surface area contributed by atoms with Crippen molar-refractivity contribution in [2.45, 2.75) is 83.6 Å². The van der Waals surface area contributed by atoms with Crippen molar-refractivity contribution in [1.82, 2.24) is 29.5 Å². The molecule has 1 saturated carbocycles. The molecule has 0 bridgehead atoms. The molecule has 4 heterocycles. The molecule has 1 aliphatic carbocycles. The highest BCUT2D eigenvalue weighted by Crippen LogP contribution is 2.39. The maximum Gasteiger partial charge on any atom is 0.246 e. The lowest BCUT2D eigenvalue weighted by atomic mass is 10.0. The van der Waals surface area contributed by atoms with E-state index in [0.717, 1.165) is 29.4 Å². The van der Waals surface area contributed by atoms with Crippen LogP contribution >= 0.6 is 0 Å². The van der Waals surface area contributed by atoms with Crippen molar-refractivity contribution in [3.05, 3.63) is 66.1 Å². The number of amides is 1. The number of anilines is 1. The van der Waals surface area contributed by atoms with Gasteiger partial charge in [-0.25, -0.2) is 4.68 Å². The van der Waals surface area contributed by atoms with Crippen molar-refractivity contribution in [3.63, 3.8) is 0 Å². The van der Waals surface area contributed by atoms with Gasteiger partial charge in [0, 0.05) is 53.4 Å². The second-order valence-electron chi connectivity index (χ2n) is 13.1. The van der Waals surface area contributed by atoms with Crippen molar-refractivity contribution in [2.24, 2.45) is 0 Å². The van der Waals surface area contributed by atoms with Crippen LogP contribution in [-0.2, 0) is 21.3 Å². The van der Waals surface area contributed by atoms with Crippen molar-refractivity contribution < 1.29 is 14.0 Å². The topological polar surface area (TPSA) is 117 Å². The quantitative estimate of drug-likeness (QED) is 0.196. The van der Waals surface area contributed by atoms with Crippen LogP contribution in [-0.4, -0.2) is 56.1 Å². The van der Waals surface area contributed by atoms with Gasteiger partial charge in [-0.05, 0) is 57.0 Å². The van der Waals surface area contributed by atoms with Crippen molar-refractivity contribution in [1.29, 1.82) is 0 Å². The lowest BCUT2D eigenvalue weighted by Crippen LogP contribution is -2.45. The zero-order chi connectivity index (χ0) is 29.6. The Morgan fingerprint density at radius 3 is 2.54 bits per heavy atom. The van der Waals surface area contributed by atoms with Crippen LogP contribution in [0.4, 0.5) is 5.69 Å². The first-order chi connectivity index (χ1) is 19.2. The summed E-state index contributed by atoms with van der Waals surface area (Å²) in [5.41, 5.74) is 2.75. The SMILES string of the molecule is CC(C)(CO[Si](C)(C)C(C)(C)C)n1cc(C(=O)c2cncc(NC(=O)Cn3cc(C4CC4)nn3)c2)c2cnccc21. The molecule has 0 spiro atoms. The van der Waals surface area contributed by atoms with Gasteiger partial charge in [-0.2, -0.15) is 0 Å². The number of aromatic nitrogens is 6. The molecular weight excluding hydrogens is 534 g/mol. The van der Waals surface area contributed by atoms with Gasteiger partial charge in [0.25, 0.3) is 0 Å². The van der Waals surface area contributed by atoms with Gasteiger partial charge in [-0.1, -0.05) is 26.0 Å². The fraction of sp³-hybridized carbons (Fsp3) is 0.467. The summed E-state index contributed by atoms with van der Waals surface area (Å²) in [4.78, 5) is 35.0. The van der Waals surface area contributed by atoms with Gasteiger partial charge in [0.05, 0.1) is 35.2 Å². The Labute approximate surface area is 241 Å². The summed E-state index contributed by atoms with van der Waals surface area (Å²) in [7, 11) is -1.97. The number of carbonyl (C=O) groups excluding carboxylic acids is 2. The van der Waals surface area contributed by atoms with E-state index in [-0.39, 0.29) is 23.3 Å². The normalized spacial score (nSPS) is 14.4. The standard InChI is InChI=1S/C30H39N7O3Si/c1-29(2,3)41(6,7)40-19-30(4,5)37-16-24(23-15-31-11-10-26(23)37)28(39)21-12-22(14-32-13-21)33-27(38)18-36-17-25(34-35-36)20-8-9-20/h10-17,20H,8-9,18-19H2,1-7H3,(H,33,38). The largest absolute Gasteiger partial charge is 0.414 e. The van der Waals surface area contributed by atoms with Crippen molar-refractivity contribution in [3.8, 4) is 0 Å². The smallest absolute Gasteiger partial charge is 0.246 e. The maximum absolute atomic E-state index is 13.8. The number of ketones is 1. The van der Waals surface area contributed by atoms with Gasteiger partial charge in [0.1, 0.15) is 6.54 Å². The molecule has 4 aromatic heterocycles. The van der Waals surface area contributed by atoms with E-state index in [2.05, 4.69) is 77.9 Å². The van der Waals surface area contributed by atoms with E-state index in [9.17, 15) is 9.59 Å². The molecule has 10 nitrogen and oxygen atoms in total. The first-order valence-corrected chi connectivity index (χ1v) is 17.0. The number of nitrogens with one attached hydrogen (secondary N) is 1. The van der Waals surface area contributed by atoms with Gasteiger partial charge < -0.3 is 14.3 Å². The molecule has 4 aromatic rings. The van der Waals surface area contributed by atoms with Crippen LogP contribution in [0.1, 0.15) is 75.0 Å². The number of fused-ring (bicyclic) bond motifs is 1. The average Bonchev–Trinajstić information content (AvgIpc) is 3.53. The van der Waals surface area contributed by atoms with Crippen molar-refractivity contribution >= 4 is 36.6 Å². The third kappa shape index (κ3) is 6.15. The molecule has 1 aliphatic rings. The minimum absolute atomic E-state index is 0.0308. The Morgan fingerprint density at radius 1 is 1.07 bits per heavy atom. The summed E-state index contributed by atoms with van der Waals surface area (Å²) in [5.74, 6) is -0.000109. The Balaban J connectivity index is 1.36. The number of carbonyl (C=O) groups is 2. The number of hydrogen-bond acceptors (Lipinski definition) is 7. The van der Waals surface area contributed by atoms with E-state index in [4.69, 9.17) is 4.43 Å². The van der Waals surface area contributed by atoms with E-state index in [1.165, 1.54) is 17.1 Å². The van der Waals surface area contributed by atoms with Crippen LogP contribution < -0.4 is 5.32 Å². The third-order valence-corrected chi connectivity index (χ3v) is 12.7. The van der Waals surface area contributed by atoms with Gasteiger partial charge in [0.15, 0.2) is 14.1 Å². The van der Waals surface area contributed by atoms with E-state index < -0.39 is 13.9 Å². The second-order valence-corrected chi connectivity index (χ2v) is 17.9. The first kappa shape index (κ1) is 28.8. The minimum Gasteiger partial charge on any atom is -0.414 e. The fourth-order valence-corrected chi connectivity index (χ4v) is 5.64. The molecule has 1 N–H and O–H groups in total. The minimum atomic E-state index is -1.97. The highest BCUT2D eigenvalue weighted by molar-refractivity contribution is 6.74. The predicted octanol–water partition coefficient (Wildman–Crippen LogP) is 5.53. The number of rotatable bonds is 10. The molecule has 0 aliphatic heterocycles. The molecule has 0 radical (unpaired) electrons. The maximum atomic E-state index is 13.8. The number of nitrogens with zero attached hydrogens (tertiary/aromatic N) is 6. The Morgan fingerprint density at radius 2 is 1.83 bits per heavy atom.